The highest BCUT2D eigenvalue weighted by molar-refractivity contribution is 8.25. The van der Waals surface area contributed by atoms with Crippen LogP contribution in [0.5, 0.6) is 0 Å². The molecule has 0 rings (SSSR count). The fraction of sp³-hybridized carbons (Fsp3) is 0.714. The molecule has 0 spiro atoms. The third-order valence-electron chi connectivity index (χ3n) is 0.762. The van der Waals surface area contributed by atoms with Crippen molar-refractivity contribution in [3.63, 3.8) is 0 Å². The maximum absolute atomic E-state index is 10.7. The highest BCUT2D eigenvalue weighted by Crippen LogP contribution is 2.07. The number of ether oxygens (including phenoxy) is 1. The number of carbonyl (C=O) groups excluding carboxylic acids is 2. The summed E-state index contributed by atoms with van der Waals surface area (Å²) in [6.45, 7) is 5.58. The van der Waals surface area contributed by atoms with Crippen LogP contribution >= 0.6 is 11.8 Å². The Morgan fingerprint density at radius 1 is 1.45 bits per heavy atom. The van der Waals surface area contributed by atoms with E-state index < -0.39 is 5.30 Å². The highest BCUT2D eigenvalue weighted by atomic mass is 32.2. The van der Waals surface area contributed by atoms with E-state index in [9.17, 15) is 9.59 Å². The highest BCUT2D eigenvalue weighted by Gasteiger charge is 2.07. The van der Waals surface area contributed by atoms with Gasteiger partial charge in [0.1, 0.15) is 0 Å². The van der Waals surface area contributed by atoms with Crippen LogP contribution in [0.2, 0.25) is 0 Å². The number of rotatable bonds is 2. The van der Waals surface area contributed by atoms with Crippen LogP contribution in [0.4, 0.5) is 4.79 Å². The van der Waals surface area contributed by atoms with Crippen LogP contribution in [0.3, 0.4) is 0 Å². The number of thioether (sulfide) groups is 1. The average molecular weight is 176 g/mol. The van der Waals surface area contributed by atoms with Gasteiger partial charge in [-0.15, -0.1) is 0 Å². The van der Waals surface area contributed by atoms with Gasteiger partial charge < -0.3 is 4.74 Å². The maximum atomic E-state index is 10.7. The molecule has 0 saturated heterocycles. The van der Waals surface area contributed by atoms with Crippen LogP contribution in [0.1, 0.15) is 20.8 Å². The summed E-state index contributed by atoms with van der Waals surface area (Å²) in [5.74, 6) is 0.312. The van der Waals surface area contributed by atoms with Gasteiger partial charge in [0, 0.05) is 18.7 Å². The summed E-state index contributed by atoms with van der Waals surface area (Å²) >= 11 is 0.596. The van der Waals surface area contributed by atoms with Crippen molar-refractivity contribution in [3.8, 4) is 0 Å². The van der Waals surface area contributed by atoms with Gasteiger partial charge in [0.05, 0.1) is 6.61 Å². The second kappa shape index (κ2) is 5.18. The first-order valence-corrected chi connectivity index (χ1v) is 4.19. The second-order valence-electron chi connectivity index (χ2n) is 2.55. The topological polar surface area (TPSA) is 43.4 Å². The summed E-state index contributed by atoms with van der Waals surface area (Å²) in [7, 11) is 0. The SMILES string of the molecule is CC(=O)SC(=O)OCC(C)C. The molecule has 0 fully saturated rings. The van der Waals surface area contributed by atoms with E-state index in [1.54, 1.807) is 0 Å². The minimum Gasteiger partial charge on any atom is -0.457 e. The minimum absolute atomic E-state index is 0.237. The summed E-state index contributed by atoms with van der Waals surface area (Å²) in [6.07, 6.45) is 0. The van der Waals surface area contributed by atoms with Gasteiger partial charge in [-0.1, -0.05) is 13.8 Å². The predicted octanol–water partition coefficient (Wildman–Crippen LogP) is 2.06. The quantitative estimate of drug-likeness (QED) is 0.604. The Hall–Kier alpha value is -0.510. The smallest absolute Gasteiger partial charge is 0.374 e. The van der Waals surface area contributed by atoms with Crippen LogP contribution in [0, 0.1) is 5.92 Å². The maximum Gasteiger partial charge on any atom is 0.374 e. The molecule has 0 unspecified atom stereocenters. The second-order valence-corrected chi connectivity index (χ2v) is 3.66. The molecule has 0 aliphatic heterocycles. The van der Waals surface area contributed by atoms with E-state index in [1.165, 1.54) is 6.92 Å². The first-order valence-electron chi connectivity index (χ1n) is 3.37. The van der Waals surface area contributed by atoms with Crippen LogP contribution < -0.4 is 0 Å². The molecule has 11 heavy (non-hydrogen) atoms. The summed E-state index contributed by atoms with van der Waals surface area (Å²) in [6, 6.07) is 0. The Bertz CT molecular complexity index is 154. The molecular formula is C7H12O3S. The van der Waals surface area contributed by atoms with Crippen molar-refractivity contribution in [2.75, 3.05) is 6.61 Å². The lowest BCUT2D eigenvalue weighted by Crippen LogP contribution is -2.06. The number of hydrogen-bond acceptors (Lipinski definition) is 4. The van der Waals surface area contributed by atoms with E-state index >= 15 is 0 Å². The third-order valence-corrected chi connectivity index (χ3v) is 1.33. The molecule has 0 amide bonds. The van der Waals surface area contributed by atoms with E-state index in [-0.39, 0.29) is 5.12 Å². The molecule has 64 valence electrons. The van der Waals surface area contributed by atoms with Gasteiger partial charge in [-0.05, 0) is 5.92 Å². The molecule has 0 aromatic heterocycles. The van der Waals surface area contributed by atoms with Gasteiger partial charge in [0.2, 0.25) is 0 Å². The van der Waals surface area contributed by atoms with E-state index in [1.807, 2.05) is 13.8 Å². The molecule has 0 aliphatic rings. The van der Waals surface area contributed by atoms with Gasteiger partial charge in [0.25, 0.3) is 0 Å². The van der Waals surface area contributed by atoms with E-state index in [2.05, 4.69) is 0 Å². The van der Waals surface area contributed by atoms with Crippen LogP contribution in [0.15, 0.2) is 0 Å². The van der Waals surface area contributed by atoms with Gasteiger partial charge in [-0.25, -0.2) is 4.79 Å². The lowest BCUT2D eigenvalue weighted by molar-refractivity contribution is -0.109. The normalized spacial score (nSPS) is 9.82. The van der Waals surface area contributed by atoms with Gasteiger partial charge in [-0.3, -0.25) is 4.79 Å². The lowest BCUT2D eigenvalue weighted by Gasteiger charge is -2.04. The molecule has 0 atom stereocenters. The van der Waals surface area contributed by atoms with Gasteiger partial charge in [0.15, 0.2) is 5.12 Å². The summed E-state index contributed by atoms with van der Waals surface area (Å²) in [5.41, 5.74) is 0. The molecule has 0 aromatic rings. The van der Waals surface area contributed by atoms with E-state index in [0.717, 1.165) is 0 Å². The Labute approximate surface area is 70.5 Å². The Kier molecular flexibility index (Phi) is 4.94. The summed E-state index contributed by atoms with van der Waals surface area (Å²) < 4.78 is 4.72. The fourth-order valence-electron chi connectivity index (χ4n) is 0.382. The van der Waals surface area contributed by atoms with Crippen LogP contribution in [0.25, 0.3) is 0 Å². The molecule has 0 bridgehead atoms. The summed E-state index contributed by atoms with van der Waals surface area (Å²) in [5, 5.41) is -0.745. The Morgan fingerprint density at radius 2 is 2.00 bits per heavy atom. The summed E-state index contributed by atoms with van der Waals surface area (Å²) in [4.78, 5) is 21.0. The zero-order chi connectivity index (χ0) is 8.85. The monoisotopic (exact) mass is 176 g/mol. The molecule has 0 aliphatic carbocycles. The Morgan fingerprint density at radius 3 is 2.36 bits per heavy atom. The molecule has 0 N–H and O–H groups in total. The zero-order valence-corrected chi connectivity index (χ0v) is 7.73. The third kappa shape index (κ3) is 7.39. The van der Waals surface area contributed by atoms with Crippen molar-refractivity contribution in [1.29, 1.82) is 0 Å². The number of carbonyl (C=O) groups is 2. The van der Waals surface area contributed by atoms with E-state index in [4.69, 9.17) is 4.74 Å². The van der Waals surface area contributed by atoms with Crippen molar-refractivity contribution in [1.82, 2.24) is 0 Å². The molecule has 0 radical (unpaired) electrons. The van der Waals surface area contributed by atoms with Crippen molar-refractivity contribution < 1.29 is 14.3 Å². The van der Waals surface area contributed by atoms with Crippen molar-refractivity contribution >= 4 is 22.2 Å². The molecule has 0 saturated carbocycles. The first-order chi connectivity index (χ1) is 5.02. The molecular weight excluding hydrogens is 164 g/mol. The molecule has 4 heteroatoms. The van der Waals surface area contributed by atoms with Gasteiger partial charge in [-0.2, -0.15) is 0 Å². The zero-order valence-electron chi connectivity index (χ0n) is 6.92. The van der Waals surface area contributed by atoms with Crippen molar-refractivity contribution in [2.24, 2.45) is 5.92 Å². The average Bonchev–Trinajstić information content (AvgIpc) is 1.82. The minimum atomic E-state index is -0.508. The molecule has 0 aromatic carbocycles. The van der Waals surface area contributed by atoms with Crippen molar-refractivity contribution in [2.45, 2.75) is 20.8 Å². The number of hydrogen-bond donors (Lipinski definition) is 0. The van der Waals surface area contributed by atoms with Gasteiger partial charge >= 0.3 is 5.30 Å². The Balaban J connectivity index is 3.46. The van der Waals surface area contributed by atoms with E-state index in [0.29, 0.717) is 24.3 Å². The molecule has 3 nitrogen and oxygen atoms in total. The standard InChI is InChI=1S/C7H12O3S/c1-5(2)4-10-7(9)11-6(3)8/h5H,4H2,1-3H3. The largest absolute Gasteiger partial charge is 0.457 e. The first kappa shape index (κ1) is 10.5. The van der Waals surface area contributed by atoms with Crippen molar-refractivity contribution in [3.05, 3.63) is 0 Å². The predicted molar refractivity (Wildman–Crippen MR) is 44.5 cm³/mol. The lowest BCUT2D eigenvalue weighted by atomic mass is 10.2. The van der Waals surface area contributed by atoms with Crippen LogP contribution in [-0.2, 0) is 9.53 Å². The molecule has 0 heterocycles. The van der Waals surface area contributed by atoms with Crippen LogP contribution in [-0.4, -0.2) is 17.0 Å². The fourth-order valence-corrected chi connectivity index (χ4v) is 0.743.